The van der Waals surface area contributed by atoms with E-state index in [-0.39, 0.29) is 16.2 Å². The molecule has 0 bridgehead atoms. The molecule has 3 N–H and O–H groups in total. The van der Waals surface area contributed by atoms with Crippen LogP contribution in [-0.2, 0) is 19.6 Å². The van der Waals surface area contributed by atoms with Crippen molar-refractivity contribution in [3.8, 4) is 0 Å². The van der Waals surface area contributed by atoms with Crippen LogP contribution in [-0.4, -0.2) is 20.2 Å². The summed E-state index contributed by atoms with van der Waals surface area (Å²) < 4.78 is 26.8. The normalized spacial score (nSPS) is 14.0. The summed E-state index contributed by atoms with van der Waals surface area (Å²) in [5.74, 6) is -1.68. The maximum atomic E-state index is 12.5. The maximum absolute atomic E-state index is 12.5. The summed E-state index contributed by atoms with van der Waals surface area (Å²) >= 11 is 0. The monoisotopic (exact) mass is 371 g/mol. The van der Waals surface area contributed by atoms with Gasteiger partial charge in [-0.15, -0.1) is 0 Å². The Balaban J connectivity index is 1.89. The van der Waals surface area contributed by atoms with E-state index in [1.165, 1.54) is 19.1 Å². The number of carbonyl (C=O) groups is 2. The van der Waals surface area contributed by atoms with Gasteiger partial charge in [-0.1, -0.05) is 29.8 Å². The number of sulfonamides is 1. The van der Waals surface area contributed by atoms with Gasteiger partial charge >= 0.3 is 0 Å². The summed E-state index contributed by atoms with van der Waals surface area (Å²) in [6.07, 6.45) is 0. The highest BCUT2D eigenvalue weighted by Gasteiger charge is 2.29. The molecular formula is C18H17N3O4S. The second-order valence-electron chi connectivity index (χ2n) is 5.87. The second-order valence-corrected chi connectivity index (χ2v) is 7.55. The van der Waals surface area contributed by atoms with E-state index in [4.69, 9.17) is 0 Å². The number of anilines is 2. The fourth-order valence-corrected chi connectivity index (χ4v) is 3.50. The van der Waals surface area contributed by atoms with Gasteiger partial charge in [0, 0.05) is 5.70 Å². The first kappa shape index (κ1) is 17.7. The molecule has 2 aromatic rings. The van der Waals surface area contributed by atoms with E-state index in [1.54, 1.807) is 36.4 Å². The third-order valence-corrected chi connectivity index (χ3v) is 5.23. The number of hydrogen-bond donors (Lipinski definition) is 3. The summed E-state index contributed by atoms with van der Waals surface area (Å²) in [5, 5.41) is 5.56. The van der Waals surface area contributed by atoms with Gasteiger partial charge in [-0.05, 0) is 38.1 Å². The Kier molecular flexibility index (Phi) is 4.52. The molecule has 0 atom stereocenters. The van der Waals surface area contributed by atoms with E-state index in [9.17, 15) is 18.0 Å². The van der Waals surface area contributed by atoms with Gasteiger partial charge in [-0.25, -0.2) is 13.1 Å². The van der Waals surface area contributed by atoms with Crippen molar-refractivity contribution >= 4 is 33.2 Å². The van der Waals surface area contributed by atoms with Gasteiger partial charge in [-0.2, -0.15) is 0 Å². The highest BCUT2D eigenvalue weighted by molar-refractivity contribution is 7.90. The van der Waals surface area contributed by atoms with E-state index in [1.807, 2.05) is 11.6 Å². The van der Waals surface area contributed by atoms with Gasteiger partial charge in [-0.3, -0.25) is 9.59 Å². The van der Waals surface area contributed by atoms with Crippen molar-refractivity contribution in [3.05, 3.63) is 65.4 Å². The van der Waals surface area contributed by atoms with Crippen LogP contribution in [0.15, 0.2) is 64.7 Å². The van der Waals surface area contributed by atoms with Crippen LogP contribution in [0.25, 0.3) is 0 Å². The molecule has 0 aromatic heterocycles. The first-order chi connectivity index (χ1) is 12.3. The fraction of sp³-hybridized carbons (Fsp3) is 0.111. The van der Waals surface area contributed by atoms with Gasteiger partial charge in [0.25, 0.3) is 21.8 Å². The standard InChI is InChI=1S/C18H17N3O4S/c1-11-7-9-13(10-8-11)26(24,25)21-18(23)16-12(2)19-14-5-3-4-6-15(14)20-17(16)22/h3-10,19H,1-2H3,(H,20,22)(H,21,23). The minimum absolute atomic E-state index is 0.0556. The topological polar surface area (TPSA) is 104 Å². The average Bonchev–Trinajstić information content (AvgIpc) is 2.69. The van der Waals surface area contributed by atoms with Crippen LogP contribution in [0.4, 0.5) is 11.4 Å². The molecule has 0 radical (unpaired) electrons. The summed E-state index contributed by atoms with van der Waals surface area (Å²) in [5.41, 5.74) is 1.96. The number of amides is 2. The molecule has 0 aliphatic carbocycles. The lowest BCUT2D eigenvalue weighted by atomic mass is 10.2. The number of allylic oxidation sites excluding steroid dienone is 1. The Labute approximate surface area is 151 Å². The molecule has 8 heteroatoms. The SMILES string of the molecule is CC1=C(C(=O)NS(=O)(=O)c2ccc(C)cc2)C(=O)Nc2ccccc2N1. The predicted octanol–water partition coefficient (Wildman–Crippen LogP) is 2.14. The van der Waals surface area contributed by atoms with Gasteiger partial charge in [0.1, 0.15) is 5.57 Å². The molecule has 7 nitrogen and oxygen atoms in total. The number of carbonyl (C=O) groups excluding carboxylic acids is 2. The van der Waals surface area contributed by atoms with Crippen molar-refractivity contribution in [3.63, 3.8) is 0 Å². The first-order valence-corrected chi connectivity index (χ1v) is 9.28. The number of benzene rings is 2. The van der Waals surface area contributed by atoms with Crippen molar-refractivity contribution in [1.82, 2.24) is 4.72 Å². The lowest BCUT2D eigenvalue weighted by Crippen LogP contribution is -2.36. The molecule has 0 saturated heterocycles. The molecule has 26 heavy (non-hydrogen) atoms. The molecule has 1 heterocycles. The Bertz CT molecular complexity index is 1020. The Morgan fingerprint density at radius 1 is 0.923 bits per heavy atom. The zero-order valence-corrected chi connectivity index (χ0v) is 15.0. The minimum Gasteiger partial charge on any atom is -0.357 e. The second kappa shape index (κ2) is 6.64. The molecule has 0 saturated carbocycles. The third-order valence-electron chi connectivity index (χ3n) is 3.88. The number of fused-ring (bicyclic) bond motifs is 1. The van der Waals surface area contributed by atoms with Crippen LogP contribution in [0.3, 0.4) is 0 Å². The van der Waals surface area contributed by atoms with Gasteiger partial charge < -0.3 is 10.6 Å². The molecule has 1 aliphatic rings. The quantitative estimate of drug-likeness (QED) is 0.717. The highest BCUT2D eigenvalue weighted by atomic mass is 32.2. The Morgan fingerprint density at radius 2 is 1.50 bits per heavy atom. The van der Waals surface area contributed by atoms with E-state index < -0.39 is 21.8 Å². The average molecular weight is 371 g/mol. The zero-order chi connectivity index (χ0) is 18.9. The molecular weight excluding hydrogens is 354 g/mol. The maximum Gasteiger partial charge on any atom is 0.272 e. The van der Waals surface area contributed by atoms with Gasteiger partial charge in [0.2, 0.25) is 0 Å². The van der Waals surface area contributed by atoms with Crippen LogP contribution in [0.5, 0.6) is 0 Å². The minimum atomic E-state index is -4.09. The Hall–Kier alpha value is -3.13. The van der Waals surface area contributed by atoms with Crippen LogP contribution < -0.4 is 15.4 Å². The van der Waals surface area contributed by atoms with E-state index >= 15 is 0 Å². The first-order valence-electron chi connectivity index (χ1n) is 7.80. The highest BCUT2D eigenvalue weighted by Crippen LogP contribution is 2.27. The number of aryl methyl sites for hydroxylation is 1. The van der Waals surface area contributed by atoms with Gasteiger partial charge in [0.05, 0.1) is 16.3 Å². The molecule has 0 spiro atoms. The lowest BCUT2D eigenvalue weighted by molar-refractivity contribution is -0.120. The van der Waals surface area contributed by atoms with Crippen molar-refractivity contribution < 1.29 is 18.0 Å². The third kappa shape index (κ3) is 3.45. The molecule has 1 aliphatic heterocycles. The number of rotatable bonds is 3. The molecule has 134 valence electrons. The van der Waals surface area contributed by atoms with Crippen molar-refractivity contribution in [1.29, 1.82) is 0 Å². The summed E-state index contributed by atoms with van der Waals surface area (Å²) in [6.45, 7) is 3.36. The summed E-state index contributed by atoms with van der Waals surface area (Å²) in [6, 6.07) is 13.0. The van der Waals surface area contributed by atoms with Crippen LogP contribution in [0, 0.1) is 6.92 Å². The smallest absolute Gasteiger partial charge is 0.272 e. The molecule has 0 fully saturated rings. The number of hydrogen-bond acceptors (Lipinski definition) is 5. The summed E-state index contributed by atoms with van der Waals surface area (Å²) in [4.78, 5) is 24.9. The van der Waals surface area contributed by atoms with E-state index in [0.717, 1.165) is 5.56 Å². The zero-order valence-electron chi connectivity index (χ0n) is 14.2. The van der Waals surface area contributed by atoms with Crippen LogP contribution >= 0.6 is 0 Å². The predicted molar refractivity (Wildman–Crippen MR) is 97.9 cm³/mol. The van der Waals surface area contributed by atoms with E-state index in [0.29, 0.717) is 11.4 Å². The largest absolute Gasteiger partial charge is 0.357 e. The molecule has 2 aromatic carbocycles. The van der Waals surface area contributed by atoms with Crippen LogP contribution in [0.2, 0.25) is 0 Å². The number of para-hydroxylation sites is 2. The Morgan fingerprint density at radius 3 is 2.12 bits per heavy atom. The fourth-order valence-electron chi connectivity index (χ4n) is 2.54. The molecule has 2 amide bonds. The van der Waals surface area contributed by atoms with Crippen molar-refractivity contribution in [2.45, 2.75) is 18.7 Å². The molecule has 3 rings (SSSR count). The van der Waals surface area contributed by atoms with Gasteiger partial charge in [0.15, 0.2) is 0 Å². The van der Waals surface area contributed by atoms with Crippen molar-refractivity contribution in [2.24, 2.45) is 0 Å². The number of nitrogens with one attached hydrogen (secondary N) is 3. The summed E-state index contributed by atoms with van der Waals surface area (Å²) in [7, 11) is -4.09. The van der Waals surface area contributed by atoms with Crippen LogP contribution in [0.1, 0.15) is 12.5 Å². The van der Waals surface area contributed by atoms with E-state index in [2.05, 4.69) is 10.6 Å². The molecule has 0 unspecified atom stereocenters. The van der Waals surface area contributed by atoms with Crippen molar-refractivity contribution in [2.75, 3.05) is 10.6 Å². The lowest BCUT2D eigenvalue weighted by Gasteiger charge is -2.10.